The number of aryl methyl sites for hydroxylation is 1. The van der Waals surface area contributed by atoms with Gasteiger partial charge in [-0.25, -0.2) is 0 Å². The van der Waals surface area contributed by atoms with Crippen LogP contribution >= 0.6 is 0 Å². The van der Waals surface area contributed by atoms with E-state index in [-0.39, 0.29) is 17.9 Å². The molecule has 0 unspecified atom stereocenters. The molecule has 4 heteroatoms. The van der Waals surface area contributed by atoms with E-state index >= 15 is 0 Å². The number of allylic oxidation sites excluding steroid dienone is 2. The van der Waals surface area contributed by atoms with Crippen LogP contribution in [0.25, 0.3) is 0 Å². The Bertz CT molecular complexity index is 534. The van der Waals surface area contributed by atoms with Crippen molar-refractivity contribution in [3.63, 3.8) is 0 Å². The van der Waals surface area contributed by atoms with Gasteiger partial charge in [0, 0.05) is 25.9 Å². The molecular formula is C22H34O4. The molecule has 2 N–H and O–H groups in total. The first-order valence-electron chi connectivity index (χ1n) is 9.90. The number of furan rings is 1. The Morgan fingerprint density at radius 3 is 2.85 bits per heavy atom. The van der Waals surface area contributed by atoms with Crippen molar-refractivity contribution in [3.8, 4) is 0 Å². The Balaban J connectivity index is 1.89. The van der Waals surface area contributed by atoms with Gasteiger partial charge >= 0.3 is 0 Å². The molecule has 1 saturated carbocycles. The Morgan fingerprint density at radius 1 is 1.31 bits per heavy atom. The highest BCUT2D eigenvalue weighted by Gasteiger charge is 2.39. The average molecular weight is 363 g/mol. The third-order valence-corrected chi connectivity index (χ3v) is 5.32. The molecule has 1 aromatic heterocycles. The first-order chi connectivity index (χ1) is 12.7. The number of hydrogen-bond acceptors (Lipinski definition) is 4. The highest BCUT2D eigenvalue weighted by Crippen LogP contribution is 2.36. The molecule has 0 saturated heterocycles. The lowest BCUT2D eigenvalue weighted by atomic mass is 9.89. The van der Waals surface area contributed by atoms with Crippen molar-refractivity contribution in [2.24, 2.45) is 11.8 Å². The summed E-state index contributed by atoms with van der Waals surface area (Å²) in [5.41, 5.74) is 0. The predicted octanol–water partition coefficient (Wildman–Crippen LogP) is 4.28. The molecule has 5 atom stereocenters. The number of aliphatic hydroxyl groups is 2. The van der Waals surface area contributed by atoms with E-state index in [2.05, 4.69) is 19.1 Å². The number of aliphatic hydroxyl groups excluding tert-OH is 2. The molecule has 1 fully saturated rings. The number of hydrogen-bond donors (Lipinski definition) is 2. The summed E-state index contributed by atoms with van der Waals surface area (Å²) >= 11 is 0. The first kappa shape index (κ1) is 20.9. The summed E-state index contributed by atoms with van der Waals surface area (Å²) < 4.78 is 10.9. The van der Waals surface area contributed by atoms with Gasteiger partial charge in [-0.1, -0.05) is 44.1 Å². The molecule has 0 aliphatic heterocycles. The molecule has 0 bridgehead atoms. The second-order valence-electron chi connectivity index (χ2n) is 7.24. The summed E-state index contributed by atoms with van der Waals surface area (Å²) in [5, 5.41) is 20.7. The number of ether oxygens (including phenoxy) is 1. The van der Waals surface area contributed by atoms with Crippen LogP contribution in [0.15, 0.2) is 47.1 Å². The third-order valence-electron chi connectivity index (χ3n) is 5.32. The van der Waals surface area contributed by atoms with Gasteiger partial charge in [-0.15, -0.1) is 0 Å². The van der Waals surface area contributed by atoms with Gasteiger partial charge in [0.25, 0.3) is 0 Å². The monoisotopic (exact) mass is 362 g/mol. The largest absolute Gasteiger partial charge is 0.469 e. The fourth-order valence-electron chi connectivity index (χ4n) is 3.68. The van der Waals surface area contributed by atoms with Crippen LogP contribution in [-0.4, -0.2) is 35.6 Å². The predicted molar refractivity (Wildman–Crippen MR) is 104 cm³/mol. The number of methoxy groups -OCH3 is 1. The maximum atomic E-state index is 10.3. The van der Waals surface area contributed by atoms with E-state index in [1.54, 1.807) is 13.4 Å². The molecule has 0 radical (unpaired) electrons. The highest BCUT2D eigenvalue weighted by atomic mass is 16.5. The summed E-state index contributed by atoms with van der Waals surface area (Å²) in [7, 11) is 1.70. The zero-order chi connectivity index (χ0) is 18.8. The SMILES string of the molecule is CCCC/C=C\C[C@@H]1[C@@H](/C=C/[C@H](CCc2ccco2)OC)[C@H](O)C[C@@H]1O. The molecule has 2 rings (SSSR count). The minimum Gasteiger partial charge on any atom is -0.469 e. The van der Waals surface area contributed by atoms with Crippen LogP contribution in [0.3, 0.4) is 0 Å². The van der Waals surface area contributed by atoms with Crippen molar-refractivity contribution in [2.75, 3.05) is 7.11 Å². The summed E-state index contributed by atoms with van der Waals surface area (Å²) in [4.78, 5) is 0. The van der Waals surface area contributed by atoms with E-state index in [0.717, 1.165) is 31.4 Å². The van der Waals surface area contributed by atoms with Crippen molar-refractivity contribution >= 4 is 0 Å². The molecule has 0 aromatic carbocycles. The van der Waals surface area contributed by atoms with Crippen molar-refractivity contribution in [2.45, 2.75) is 70.2 Å². The molecule has 0 spiro atoms. The van der Waals surface area contributed by atoms with Crippen molar-refractivity contribution in [1.82, 2.24) is 0 Å². The van der Waals surface area contributed by atoms with Gasteiger partial charge < -0.3 is 19.4 Å². The van der Waals surface area contributed by atoms with E-state index < -0.39 is 12.2 Å². The van der Waals surface area contributed by atoms with Crippen LogP contribution in [0.5, 0.6) is 0 Å². The highest BCUT2D eigenvalue weighted by molar-refractivity contribution is 5.07. The Hall–Kier alpha value is -1.36. The second kappa shape index (κ2) is 11.4. The van der Waals surface area contributed by atoms with Crippen molar-refractivity contribution in [3.05, 3.63) is 48.5 Å². The first-order valence-corrected chi connectivity index (χ1v) is 9.90. The maximum Gasteiger partial charge on any atom is 0.103 e. The van der Waals surface area contributed by atoms with Crippen LogP contribution < -0.4 is 0 Å². The number of rotatable bonds is 11. The topological polar surface area (TPSA) is 62.8 Å². The van der Waals surface area contributed by atoms with Gasteiger partial charge in [0.1, 0.15) is 5.76 Å². The molecule has 4 nitrogen and oxygen atoms in total. The summed E-state index contributed by atoms with van der Waals surface area (Å²) in [6, 6.07) is 3.86. The molecular weight excluding hydrogens is 328 g/mol. The minimum atomic E-state index is -0.488. The Labute approximate surface area is 157 Å². The van der Waals surface area contributed by atoms with Gasteiger partial charge in [-0.3, -0.25) is 0 Å². The van der Waals surface area contributed by atoms with Gasteiger partial charge in [-0.2, -0.15) is 0 Å². The van der Waals surface area contributed by atoms with Gasteiger partial charge in [0.15, 0.2) is 0 Å². The lowest BCUT2D eigenvalue weighted by Gasteiger charge is -2.20. The quantitative estimate of drug-likeness (QED) is 0.456. The fourth-order valence-corrected chi connectivity index (χ4v) is 3.68. The summed E-state index contributed by atoms with van der Waals surface area (Å²) in [5.74, 6) is 0.996. The summed E-state index contributed by atoms with van der Waals surface area (Å²) in [6.07, 6.45) is 15.5. The van der Waals surface area contributed by atoms with Crippen LogP contribution in [0.1, 0.15) is 51.2 Å². The molecule has 1 aliphatic carbocycles. The fraction of sp³-hybridized carbons (Fsp3) is 0.636. The molecule has 146 valence electrons. The number of unbranched alkanes of at least 4 members (excludes halogenated alkanes) is 2. The van der Waals surface area contributed by atoms with Gasteiger partial charge in [0.05, 0.1) is 24.6 Å². The average Bonchev–Trinajstić information content (AvgIpc) is 3.24. The normalized spacial score (nSPS) is 27.7. The minimum absolute atomic E-state index is 0.0224. The Kier molecular flexibility index (Phi) is 9.16. The van der Waals surface area contributed by atoms with Crippen LogP contribution in [0, 0.1) is 11.8 Å². The lowest BCUT2D eigenvalue weighted by Crippen LogP contribution is -2.20. The van der Waals surface area contributed by atoms with E-state index in [1.165, 1.54) is 12.8 Å². The van der Waals surface area contributed by atoms with E-state index in [4.69, 9.17) is 9.15 Å². The molecule has 1 aromatic rings. The molecule has 1 heterocycles. The Morgan fingerprint density at radius 2 is 2.15 bits per heavy atom. The van der Waals surface area contributed by atoms with Crippen LogP contribution in [0.2, 0.25) is 0 Å². The van der Waals surface area contributed by atoms with Gasteiger partial charge in [0.2, 0.25) is 0 Å². The second-order valence-corrected chi connectivity index (χ2v) is 7.24. The van der Waals surface area contributed by atoms with Crippen LogP contribution in [0.4, 0.5) is 0 Å². The third kappa shape index (κ3) is 6.42. The molecule has 26 heavy (non-hydrogen) atoms. The zero-order valence-corrected chi connectivity index (χ0v) is 16.1. The van der Waals surface area contributed by atoms with E-state index in [1.807, 2.05) is 24.3 Å². The van der Waals surface area contributed by atoms with Crippen molar-refractivity contribution in [1.29, 1.82) is 0 Å². The summed E-state index contributed by atoms with van der Waals surface area (Å²) in [6.45, 7) is 2.18. The van der Waals surface area contributed by atoms with Crippen LogP contribution in [-0.2, 0) is 11.2 Å². The molecule has 0 amide bonds. The standard InChI is InChI=1S/C22H34O4/c1-3-4-5-6-7-10-19-20(22(24)16-21(19)23)14-13-17(25-2)11-12-18-9-8-15-26-18/h6-9,13-15,17,19-24H,3-5,10-12,16H2,1-2H3/b7-6-,14-13+/t17-,19+,20+,21-,22+/m0/s1. The van der Waals surface area contributed by atoms with E-state index in [9.17, 15) is 10.2 Å². The maximum absolute atomic E-state index is 10.3. The zero-order valence-electron chi connectivity index (χ0n) is 16.1. The molecule has 1 aliphatic rings. The van der Waals surface area contributed by atoms with Gasteiger partial charge in [-0.05, 0) is 37.3 Å². The van der Waals surface area contributed by atoms with E-state index in [0.29, 0.717) is 6.42 Å². The lowest BCUT2D eigenvalue weighted by molar-refractivity contribution is 0.120. The van der Waals surface area contributed by atoms with Crippen molar-refractivity contribution < 1.29 is 19.4 Å². The smallest absolute Gasteiger partial charge is 0.103 e.